The van der Waals surface area contributed by atoms with Crippen molar-refractivity contribution in [2.45, 2.75) is 38.8 Å². The Bertz CT molecular complexity index is 459. The molecular formula is C13H15BrClF2NO. The van der Waals surface area contributed by atoms with E-state index in [2.05, 4.69) is 32.9 Å². The van der Waals surface area contributed by atoms with Crippen LogP contribution in [0, 0.1) is 5.92 Å². The number of ether oxygens (including phenoxy) is 1. The van der Waals surface area contributed by atoms with E-state index < -0.39 is 6.61 Å². The molecule has 0 bridgehead atoms. The van der Waals surface area contributed by atoms with Crippen LogP contribution < -0.4 is 10.1 Å². The van der Waals surface area contributed by atoms with Gasteiger partial charge in [0.25, 0.3) is 0 Å². The molecule has 0 aromatic heterocycles. The Labute approximate surface area is 124 Å². The van der Waals surface area contributed by atoms with Crippen molar-refractivity contribution in [3.05, 3.63) is 21.6 Å². The Kier molecular flexibility index (Phi) is 4.90. The molecule has 1 fully saturated rings. The Balaban J connectivity index is 2.26. The number of alkyl halides is 2. The van der Waals surface area contributed by atoms with Gasteiger partial charge in [-0.2, -0.15) is 8.78 Å². The van der Waals surface area contributed by atoms with Crippen molar-refractivity contribution in [1.29, 1.82) is 0 Å². The zero-order valence-electron chi connectivity index (χ0n) is 10.4. The summed E-state index contributed by atoms with van der Waals surface area (Å²) in [5.74, 6) is 0.621. The topological polar surface area (TPSA) is 21.3 Å². The molecule has 1 aromatic carbocycles. The minimum atomic E-state index is -2.86. The third-order valence-corrected chi connectivity index (χ3v) is 4.22. The summed E-state index contributed by atoms with van der Waals surface area (Å²) in [7, 11) is 0. The first kappa shape index (κ1) is 14.9. The van der Waals surface area contributed by atoms with Gasteiger partial charge in [0, 0.05) is 11.1 Å². The maximum Gasteiger partial charge on any atom is 0.387 e. The van der Waals surface area contributed by atoms with E-state index in [1.165, 1.54) is 0 Å². The summed E-state index contributed by atoms with van der Waals surface area (Å²) >= 11 is 9.18. The molecule has 0 saturated heterocycles. The molecule has 2 atom stereocenters. The van der Waals surface area contributed by atoms with E-state index in [1.807, 2.05) is 0 Å². The van der Waals surface area contributed by atoms with Crippen molar-refractivity contribution in [3.63, 3.8) is 0 Å². The van der Waals surface area contributed by atoms with Crippen LogP contribution in [-0.2, 0) is 0 Å². The third-order valence-electron chi connectivity index (χ3n) is 3.42. The van der Waals surface area contributed by atoms with E-state index in [0.29, 0.717) is 21.1 Å². The van der Waals surface area contributed by atoms with Gasteiger partial charge in [0.15, 0.2) is 5.75 Å². The van der Waals surface area contributed by atoms with E-state index in [1.54, 1.807) is 12.1 Å². The fraction of sp³-hybridized carbons (Fsp3) is 0.538. The van der Waals surface area contributed by atoms with Crippen molar-refractivity contribution >= 4 is 33.2 Å². The quantitative estimate of drug-likeness (QED) is 0.791. The molecule has 0 spiro atoms. The lowest BCUT2D eigenvalue weighted by atomic mass is 10.1. The van der Waals surface area contributed by atoms with Gasteiger partial charge in [0.2, 0.25) is 0 Å². The number of hydrogen-bond acceptors (Lipinski definition) is 2. The van der Waals surface area contributed by atoms with Crippen LogP contribution in [-0.4, -0.2) is 12.7 Å². The molecule has 1 aliphatic rings. The molecule has 1 N–H and O–H groups in total. The maximum atomic E-state index is 12.5. The smallest absolute Gasteiger partial charge is 0.387 e. The SMILES string of the molecule is CC1CCCC1Nc1cc(Cl)cc(Br)c1OC(F)F. The van der Waals surface area contributed by atoms with E-state index in [4.69, 9.17) is 11.6 Å². The fourth-order valence-electron chi connectivity index (χ4n) is 2.44. The van der Waals surface area contributed by atoms with Gasteiger partial charge in [0.05, 0.1) is 10.2 Å². The summed E-state index contributed by atoms with van der Waals surface area (Å²) in [4.78, 5) is 0. The predicted octanol–water partition coefficient (Wildman–Crippen LogP) is 5.30. The third kappa shape index (κ3) is 3.72. The number of anilines is 1. The standard InChI is InChI=1S/C13H15BrClF2NO/c1-7-3-2-4-10(7)18-11-6-8(15)5-9(14)12(11)19-13(16)17/h5-7,10,13,18H,2-4H2,1H3. The van der Waals surface area contributed by atoms with Gasteiger partial charge in [-0.25, -0.2) is 0 Å². The van der Waals surface area contributed by atoms with Crippen molar-refractivity contribution in [2.24, 2.45) is 5.92 Å². The number of nitrogens with one attached hydrogen (secondary N) is 1. The molecular weight excluding hydrogens is 340 g/mol. The van der Waals surface area contributed by atoms with Crippen LogP contribution in [0.2, 0.25) is 5.02 Å². The molecule has 2 nitrogen and oxygen atoms in total. The molecule has 1 aliphatic carbocycles. The molecule has 0 radical (unpaired) electrons. The highest BCUT2D eigenvalue weighted by Crippen LogP contribution is 2.39. The molecule has 2 rings (SSSR count). The van der Waals surface area contributed by atoms with Crippen LogP contribution in [0.4, 0.5) is 14.5 Å². The maximum absolute atomic E-state index is 12.5. The second kappa shape index (κ2) is 6.27. The van der Waals surface area contributed by atoms with Crippen molar-refractivity contribution in [1.82, 2.24) is 0 Å². The van der Waals surface area contributed by atoms with Gasteiger partial charge in [-0.15, -0.1) is 0 Å². The van der Waals surface area contributed by atoms with Crippen LogP contribution in [0.5, 0.6) is 5.75 Å². The molecule has 1 saturated carbocycles. The summed E-state index contributed by atoms with van der Waals surface area (Å²) in [6.07, 6.45) is 3.31. The van der Waals surface area contributed by atoms with Gasteiger partial charge < -0.3 is 10.1 Å². The monoisotopic (exact) mass is 353 g/mol. The number of benzene rings is 1. The van der Waals surface area contributed by atoms with Crippen LogP contribution in [0.25, 0.3) is 0 Å². The first-order valence-electron chi connectivity index (χ1n) is 6.17. The van der Waals surface area contributed by atoms with Crippen LogP contribution in [0.1, 0.15) is 26.2 Å². The zero-order chi connectivity index (χ0) is 14.0. The Hall–Kier alpha value is -0.550. The molecule has 6 heteroatoms. The summed E-state index contributed by atoms with van der Waals surface area (Å²) < 4.78 is 29.9. The molecule has 2 unspecified atom stereocenters. The van der Waals surface area contributed by atoms with Crippen LogP contribution >= 0.6 is 27.5 Å². The second-order valence-corrected chi connectivity index (χ2v) is 6.09. The summed E-state index contributed by atoms with van der Waals surface area (Å²) in [5.41, 5.74) is 0.512. The van der Waals surface area contributed by atoms with Gasteiger partial charge in [-0.3, -0.25) is 0 Å². The van der Waals surface area contributed by atoms with Crippen LogP contribution in [0.3, 0.4) is 0 Å². The minimum absolute atomic E-state index is 0.110. The van der Waals surface area contributed by atoms with Crippen molar-refractivity contribution in [3.8, 4) is 5.75 Å². The highest BCUT2D eigenvalue weighted by Gasteiger charge is 2.25. The van der Waals surface area contributed by atoms with Crippen molar-refractivity contribution < 1.29 is 13.5 Å². The number of halogens is 4. The van der Waals surface area contributed by atoms with E-state index in [9.17, 15) is 8.78 Å². The first-order chi connectivity index (χ1) is 8.97. The molecule has 106 valence electrons. The van der Waals surface area contributed by atoms with Gasteiger partial charge in [-0.1, -0.05) is 24.9 Å². The lowest BCUT2D eigenvalue weighted by Crippen LogP contribution is -2.22. The molecule has 0 heterocycles. The minimum Gasteiger partial charge on any atom is -0.431 e. The molecule has 0 aliphatic heterocycles. The van der Waals surface area contributed by atoms with E-state index in [0.717, 1.165) is 19.3 Å². The Morgan fingerprint density at radius 1 is 1.42 bits per heavy atom. The molecule has 1 aromatic rings. The highest BCUT2D eigenvalue weighted by atomic mass is 79.9. The lowest BCUT2D eigenvalue weighted by Gasteiger charge is -2.21. The molecule has 0 amide bonds. The predicted molar refractivity (Wildman–Crippen MR) is 76.2 cm³/mol. The van der Waals surface area contributed by atoms with Gasteiger partial charge in [-0.05, 0) is 46.8 Å². The normalized spacial score (nSPS) is 22.8. The Morgan fingerprint density at radius 2 is 2.16 bits per heavy atom. The van der Waals surface area contributed by atoms with Gasteiger partial charge in [0.1, 0.15) is 0 Å². The van der Waals surface area contributed by atoms with Gasteiger partial charge >= 0.3 is 6.61 Å². The summed E-state index contributed by atoms with van der Waals surface area (Å²) in [6, 6.07) is 3.43. The first-order valence-corrected chi connectivity index (χ1v) is 7.35. The summed E-state index contributed by atoms with van der Waals surface area (Å²) in [5, 5.41) is 3.75. The average Bonchev–Trinajstić information content (AvgIpc) is 2.69. The second-order valence-electron chi connectivity index (χ2n) is 4.80. The number of rotatable bonds is 4. The largest absolute Gasteiger partial charge is 0.431 e. The highest BCUT2D eigenvalue weighted by molar-refractivity contribution is 9.10. The Morgan fingerprint density at radius 3 is 2.74 bits per heavy atom. The van der Waals surface area contributed by atoms with E-state index >= 15 is 0 Å². The number of hydrogen-bond donors (Lipinski definition) is 1. The summed E-state index contributed by atoms with van der Waals surface area (Å²) in [6.45, 7) is -0.711. The lowest BCUT2D eigenvalue weighted by molar-refractivity contribution is -0.0499. The average molecular weight is 355 g/mol. The van der Waals surface area contributed by atoms with Crippen molar-refractivity contribution in [2.75, 3.05) is 5.32 Å². The fourth-order valence-corrected chi connectivity index (χ4v) is 3.34. The van der Waals surface area contributed by atoms with Crippen LogP contribution in [0.15, 0.2) is 16.6 Å². The zero-order valence-corrected chi connectivity index (χ0v) is 12.8. The van der Waals surface area contributed by atoms with E-state index in [-0.39, 0.29) is 11.8 Å². The molecule has 19 heavy (non-hydrogen) atoms.